The fourth-order valence-electron chi connectivity index (χ4n) is 5.88. The van der Waals surface area contributed by atoms with E-state index in [0.717, 1.165) is 39.5 Å². The fourth-order valence-corrected chi connectivity index (χ4v) is 5.88. The first-order valence-electron chi connectivity index (χ1n) is 14.8. The Bertz CT molecular complexity index is 1840. The number of halogens is 7. The fraction of sp³-hybridized carbons (Fsp3) is 0.333. The molecule has 47 heavy (non-hydrogen) atoms. The van der Waals surface area contributed by atoms with Crippen LogP contribution in [0.15, 0.2) is 82.4 Å². The number of nitrogens with zero attached hydrogens (tertiary/aromatic N) is 4. The molecule has 1 atom stereocenters. The Balaban J connectivity index is 1.51. The molecule has 4 aromatic rings. The molecular weight excluding hydrogens is 631 g/mol. The van der Waals surface area contributed by atoms with Crippen LogP contribution in [0.4, 0.5) is 36.4 Å². The lowest BCUT2D eigenvalue weighted by molar-refractivity contribution is -0.139. The molecule has 1 aliphatic rings. The highest BCUT2D eigenvalue weighted by Crippen LogP contribution is 2.34. The van der Waals surface area contributed by atoms with Gasteiger partial charge in [-0.25, -0.2) is 9.18 Å². The second-order valence-electron chi connectivity index (χ2n) is 11.5. The van der Waals surface area contributed by atoms with Gasteiger partial charge in [-0.2, -0.15) is 26.3 Å². The van der Waals surface area contributed by atoms with Crippen LogP contribution < -0.4 is 21.9 Å². The Morgan fingerprint density at radius 1 is 0.787 bits per heavy atom. The van der Waals surface area contributed by atoms with E-state index in [2.05, 4.69) is 0 Å². The minimum absolute atomic E-state index is 0.0484. The molecule has 0 aliphatic carbocycles. The predicted octanol–water partition coefficient (Wildman–Crippen LogP) is 5.57. The monoisotopic (exact) mass is 663 g/mol. The van der Waals surface area contributed by atoms with Gasteiger partial charge >= 0.3 is 18.0 Å². The van der Waals surface area contributed by atoms with Gasteiger partial charge in [-0.05, 0) is 36.2 Å². The van der Waals surface area contributed by atoms with Crippen molar-refractivity contribution < 1.29 is 30.7 Å². The molecule has 2 N–H and O–H groups in total. The molecule has 250 valence electrons. The number of benzene rings is 3. The Morgan fingerprint density at radius 3 is 2.09 bits per heavy atom. The molecule has 0 amide bonds. The number of aromatic nitrogens is 2. The largest absolute Gasteiger partial charge is 0.416 e. The van der Waals surface area contributed by atoms with E-state index in [-0.39, 0.29) is 37.6 Å². The van der Waals surface area contributed by atoms with Crippen LogP contribution in [0, 0.1) is 12.7 Å². The van der Waals surface area contributed by atoms with Crippen molar-refractivity contribution in [2.45, 2.75) is 45.0 Å². The number of piperazine rings is 1. The molecule has 0 unspecified atom stereocenters. The van der Waals surface area contributed by atoms with Gasteiger partial charge in [0.1, 0.15) is 11.5 Å². The average molecular weight is 664 g/mol. The van der Waals surface area contributed by atoms with Crippen molar-refractivity contribution in [2.75, 3.05) is 31.1 Å². The summed E-state index contributed by atoms with van der Waals surface area (Å²) < 4.78 is 98.0. The average Bonchev–Trinajstić information content (AvgIpc) is 3.02. The van der Waals surface area contributed by atoms with Gasteiger partial charge in [0.25, 0.3) is 5.56 Å². The van der Waals surface area contributed by atoms with E-state index in [4.69, 9.17) is 5.73 Å². The zero-order valence-electron chi connectivity index (χ0n) is 25.3. The molecule has 1 fully saturated rings. The molecular formula is C33H32F7N5O2. The lowest BCUT2D eigenvalue weighted by Crippen LogP contribution is -2.51. The normalized spacial score (nSPS) is 15.2. The summed E-state index contributed by atoms with van der Waals surface area (Å²) in [6, 6.07) is 15.3. The summed E-state index contributed by atoms with van der Waals surface area (Å²) in [5, 5.41) is 0. The second kappa shape index (κ2) is 13.4. The van der Waals surface area contributed by atoms with Gasteiger partial charge in [0.2, 0.25) is 0 Å². The third-order valence-electron chi connectivity index (χ3n) is 8.35. The maximum absolute atomic E-state index is 14.9. The van der Waals surface area contributed by atoms with Crippen LogP contribution in [0.2, 0.25) is 0 Å². The van der Waals surface area contributed by atoms with Crippen LogP contribution in [0.5, 0.6) is 0 Å². The quantitative estimate of drug-likeness (QED) is 0.250. The van der Waals surface area contributed by atoms with Crippen LogP contribution in [0.3, 0.4) is 0 Å². The summed E-state index contributed by atoms with van der Waals surface area (Å²) in [5.41, 5.74) is 3.13. The van der Waals surface area contributed by atoms with Crippen molar-refractivity contribution in [3.05, 3.63) is 133 Å². The zero-order valence-corrected chi connectivity index (χ0v) is 25.3. The molecule has 2 heterocycles. The standard InChI is InChI=1S/C33H32F7N5O2/c1-21-29(43-15-13-42(14-16-43)18-22-7-5-10-24(17-22)32(35,36)37)30(46)45(20-28(41)23-8-3-2-4-9-23)31(47)44(21)19-25-26(33(38,39)40)11-6-12-27(25)34/h2-12,17,28H,13-16,18-20,41H2,1H3/t28-/m0/s1. The maximum Gasteiger partial charge on any atom is 0.416 e. The number of hydrogen-bond acceptors (Lipinski definition) is 5. The van der Waals surface area contributed by atoms with Crippen molar-refractivity contribution in [1.82, 2.24) is 14.0 Å². The number of nitrogens with two attached hydrogens (primary N) is 1. The van der Waals surface area contributed by atoms with E-state index in [1.54, 1.807) is 41.3 Å². The highest BCUT2D eigenvalue weighted by Gasteiger charge is 2.35. The minimum Gasteiger partial charge on any atom is -0.363 e. The van der Waals surface area contributed by atoms with Crippen molar-refractivity contribution in [3.8, 4) is 0 Å². The van der Waals surface area contributed by atoms with Gasteiger partial charge in [0, 0.05) is 50.0 Å². The first-order chi connectivity index (χ1) is 22.1. The van der Waals surface area contributed by atoms with E-state index in [1.807, 2.05) is 4.90 Å². The molecule has 0 radical (unpaired) electrons. The Hall–Kier alpha value is -4.43. The van der Waals surface area contributed by atoms with Crippen molar-refractivity contribution in [3.63, 3.8) is 0 Å². The summed E-state index contributed by atoms with van der Waals surface area (Å²) in [7, 11) is 0. The third-order valence-corrected chi connectivity index (χ3v) is 8.35. The van der Waals surface area contributed by atoms with Crippen molar-refractivity contribution >= 4 is 5.69 Å². The summed E-state index contributed by atoms with van der Waals surface area (Å²) in [5.74, 6) is -1.16. The van der Waals surface area contributed by atoms with Gasteiger partial charge in [0.05, 0.1) is 24.2 Å². The number of rotatable bonds is 8. The highest BCUT2D eigenvalue weighted by atomic mass is 19.4. The topological polar surface area (TPSA) is 76.5 Å². The minimum atomic E-state index is -4.90. The van der Waals surface area contributed by atoms with E-state index in [0.29, 0.717) is 24.2 Å². The van der Waals surface area contributed by atoms with E-state index in [1.165, 1.54) is 13.0 Å². The van der Waals surface area contributed by atoms with Crippen LogP contribution >= 0.6 is 0 Å². The summed E-state index contributed by atoms with van der Waals surface area (Å²) >= 11 is 0. The molecule has 0 bridgehead atoms. The second-order valence-corrected chi connectivity index (χ2v) is 11.5. The van der Waals surface area contributed by atoms with Crippen LogP contribution in [-0.4, -0.2) is 40.2 Å². The van der Waals surface area contributed by atoms with Crippen LogP contribution in [-0.2, 0) is 32.0 Å². The molecule has 0 saturated carbocycles. The molecule has 1 aromatic heterocycles. The van der Waals surface area contributed by atoms with E-state index in [9.17, 15) is 40.3 Å². The highest BCUT2D eigenvalue weighted by molar-refractivity contribution is 5.50. The van der Waals surface area contributed by atoms with E-state index < -0.39 is 58.7 Å². The Labute approximate surface area is 265 Å². The zero-order chi connectivity index (χ0) is 34.1. The van der Waals surface area contributed by atoms with Crippen molar-refractivity contribution in [1.29, 1.82) is 0 Å². The van der Waals surface area contributed by atoms with Gasteiger partial charge in [0.15, 0.2) is 0 Å². The Kier molecular flexibility index (Phi) is 9.64. The van der Waals surface area contributed by atoms with E-state index >= 15 is 0 Å². The molecule has 5 rings (SSSR count). The smallest absolute Gasteiger partial charge is 0.363 e. The molecule has 14 heteroatoms. The SMILES string of the molecule is Cc1c(N2CCN(Cc3cccc(C(F)(F)F)c3)CC2)c(=O)n(C[C@H](N)c2ccccc2)c(=O)n1Cc1c(F)cccc1C(F)(F)F. The number of alkyl halides is 6. The number of anilines is 1. The third kappa shape index (κ3) is 7.43. The van der Waals surface area contributed by atoms with Gasteiger partial charge in [-0.3, -0.25) is 18.8 Å². The molecule has 1 saturated heterocycles. The molecule has 0 spiro atoms. The van der Waals surface area contributed by atoms with Crippen molar-refractivity contribution in [2.24, 2.45) is 5.73 Å². The first-order valence-corrected chi connectivity index (χ1v) is 14.8. The first kappa shape index (κ1) is 33.9. The van der Waals surface area contributed by atoms with Gasteiger partial charge < -0.3 is 10.6 Å². The lowest BCUT2D eigenvalue weighted by Gasteiger charge is -2.37. The summed E-state index contributed by atoms with van der Waals surface area (Å²) in [6.07, 6.45) is -9.39. The van der Waals surface area contributed by atoms with Crippen LogP contribution in [0.1, 0.15) is 39.6 Å². The predicted molar refractivity (Wildman–Crippen MR) is 163 cm³/mol. The molecule has 3 aromatic carbocycles. The maximum atomic E-state index is 14.9. The molecule has 7 nitrogen and oxygen atoms in total. The van der Waals surface area contributed by atoms with Gasteiger partial charge in [-0.15, -0.1) is 0 Å². The lowest BCUT2D eigenvalue weighted by atomic mass is 10.1. The Morgan fingerprint density at radius 2 is 1.45 bits per heavy atom. The van der Waals surface area contributed by atoms with Crippen LogP contribution in [0.25, 0.3) is 0 Å². The summed E-state index contributed by atoms with van der Waals surface area (Å²) in [6.45, 7) is 1.68. The van der Waals surface area contributed by atoms with Gasteiger partial charge in [-0.1, -0.05) is 54.6 Å². The number of hydrogen-bond donors (Lipinski definition) is 1. The molecule has 1 aliphatic heterocycles. The summed E-state index contributed by atoms with van der Waals surface area (Å²) in [4.78, 5) is 31.4.